The van der Waals surface area contributed by atoms with Gasteiger partial charge in [-0.2, -0.15) is 0 Å². The number of rotatable bonds is 1. The van der Waals surface area contributed by atoms with Crippen LogP contribution in [-0.4, -0.2) is 67.3 Å². The van der Waals surface area contributed by atoms with E-state index in [2.05, 4.69) is 29.2 Å². The number of carboxylic acids is 1. The van der Waals surface area contributed by atoms with Crippen molar-refractivity contribution in [3.63, 3.8) is 0 Å². The molecule has 0 spiro atoms. The normalized spacial score (nSPS) is 27.5. The predicted molar refractivity (Wildman–Crippen MR) is 58.8 cm³/mol. The molecule has 2 aliphatic rings. The molecule has 0 saturated carbocycles. The zero-order chi connectivity index (χ0) is 11.3. The maximum Gasteiger partial charge on any atom is 0.320 e. The third kappa shape index (κ3) is 4.59. The van der Waals surface area contributed by atoms with Gasteiger partial charge in [0.25, 0.3) is 0 Å². The van der Waals surface area contributed by atoms with Crippen LogP contribution < -0.4 is 5.32 Å². The van der Waals surface area contributed by atoms with Crippen molar-refractivity contribution in [3.05, 3.63) is 0 Å². The fourth-order valence-corrected chi connectivity index (χ4v) is 1.79. The minimum absolute atomic E-state index is 0.269. The number of nitrogens with zero attached hydrogens (tertiary/aromatic N) is 2. The summed E-state index contributed by atoms with van der Waals surface area (Å²) in [6, 6.07) is -0.269. The summed E-state index contributed by atoms with van der Waals surface area (Å²) in [6.45, 7) is 4.46. The van der Waals surface area contributed by atoms with E-state index in [9.17, 15) is 4.79 Å². The van der Waals surface area contributed by atoms with Crippen molar-refractivity contribution in [2.24, 2.45) is 0 Å². The first-order chi connectivity index (χ1) is 7.09. The second kappa shape index (κ2) is 6.05. The molecule has 5 heteroatoms. The SMILES string of the molecule is CN1CCN(C)C1.O=C(O)[C@@H]1CCCN1. The fraction of sp³-hybridized carbons (Fsp3) is 0.900. The van der Waals surface area contributed by atoms with Gasteiger partial charge in [0, 0.05) is 13.1 Å². The van der Waals surface area contributed by atoms with E-state index < -0.39 is 5.97 Å². The Bertz CT molecular complexity index is 197. The van der Waals surface area contributed by atoms with Crippen molar-refractivity contribution in [3.8, 4) is 0 Å². The van der Waals surface area contributed by atoms with Gasteiger partial charge >= 0.3 is 5.97 Å². The molecule has 2 aliphatic heterocycles. The first-order valence-electron chi connectivity index (χ1n) is 5.43. The van der Waals surface area contributed by atoms with Crippen LogP contribution in [0.3, 0.4) is 0 Å². The summed E-state index contributed by atoms with van der Waals surface area (Å²) >= 11 is 0. The molecular formula is C10H21N3O2. The summed E-state index contributed by atoms with van der Waals surface area (Å²) in [5, 5.41) is 11.2. The highest BCUT2D eigenvalue weighted by Gasteiger charge is 2.20. The summed E-state index contributed by atoms with van der Waals surface area (Å²) in [5.41, 5.74) is 0. The highest BCUT2D eigenvalue weighted by Crippen LogP contribution is 2.03. The average Bonchev–Trinajstić information content (AvgIpc) is 2.77. The van der Waals surface area contributed by atoms with Crippen molar-refractivity contribution in [2.45, 2.75) is 18.9 Å². The van der Waals surface area contributed by atoms with Crippen molar-refractivity contribution in [1.82, 2.24) is 15.1 Å². The zero-order valence-electron chi connectivity index (χ0n) is 9.57. The first kappa shape index (κ1) is 12.4. The number of carbonyl (C=O) groups is 1. The van der Waals surface area contributed by atoms with Gasteiger partial charge in [0.2, 0.25) is 0 Å². The first-order valence-corrected chi connectivity index (χ1v) is 5.43. The molecule has 2 saturated heterocycles. The molecule has 0 aromatic rings. The van der Waals surface area contributed by atoms with Gasteiger partial charge in [-0.3, -0.25) is 14.6 Å². The minimum Gasteiger partial charge on any atom is -0.480 e. The molecule has 0 aliphatic carbocycles. The van der Waals surface area contributed by atoms with Gasteiger partial charge in [-0.05, 0) is 33.5 Å². The van der Waals surface area contributed by atoms with Crippen molar-refractivity contribution in [2.75, 3.05) is 40.4 Å². The van der Waals surface area contributed by atoms with Crippen LogP contribution in [0.4, 0.5) is 0 Å². The number of nitrogens with one attached hydrogen (secondary N) is 1. The number of hydrogen-bond acceptors (Lipinski definition) is 4. The molecule has 0 amide bonds. The van der Waals surface area contributed by atoms with Crippen LogP contribution >= 0.6 is 0 Å². The monoisotopic (exact) mass is 215 g/mol. The van der Waals surface area contributed by atoms with Crippen LogP contribution in [-0.2, 0) is 4.79 Å². The van der Waals surface area contributed by atoms with Crippen molar-refractivity contribution < 1.29 is 9.90 Å². The molecule has 0 radical (unpaired) electrons. The van der Waals surface area contributed by atoms with E-state index in [1.807, 2.05) is 0 Å². The van der Waals surface area contributed by atoms with Gasteiger partial charge in [-0.25, -0.2) is 0 Å². The third-order valence-electron chi connectivity index (χ3n) is 2.70. The van der Waals surface area contributed by atoms with E-state index in [-0.39, 0.29) is 6.04 Å². The quantitative estimate of drug-likeness (QED) is 0.626. The lowest BCUT2D eigenvalue weighted by Gasteiger charge is -2.06. The summed E-state index contributed by atoms with van der Waals surface area (Å²) in [6.07, 6.45) is 1.78. The molecule has 1 atom stereocenters. The van der Waals surface area contributed by atoms with E-state index in [4.69, 9.17) is 5.11 Å². The van der Waals surface area contributed by atoms with E-state index in [1.54, 1.807) is 0 Å². The number of hydrogen-bond donors (Lipinski definition) is 2. The number of carboxylic acid groups (broad SMARTS) is 1. The highest BCUT2D eigenvalue weighted by atomic mass is 16.4. The molecule has 2 fully saturated rings. The van der Waals surface area contributed by atoms with Crippen LogP contribution in [0.1, 0.15) is 12.8 Å². The largest absolute Gasteiger partial charge is 0.480 e. The molecule has 5 nitrogen and oxygen atoms in total. The Labute approximate surface area is 91.0 Å². The lowest BCUT2D eigenvalue weighted by molar-refractivity contribution is -0.139. The van der Waals surface area contributed by atoms with Gasteiger partial charge in [-0.15, -0.1) is 0 Å². The molecular weight excluding hydrogens is 194 g/mol. The van der Waals surface area contributed by atoms with Crippen LogP contribution in [0.5, 0.6) is 0 Å². The Morgan fingerprint density at radius 1 is 1.33 bits per heavy atom. The fourth-order valence-electron chi connectivity index (χ4n) is 1.79. The lowest BCUT2D eigenvalue weighted by Crippen LogP contribution is -2.29. The Kier molecular flexibility index (Phi) is 5.01. The smallest absolute Gasteiger partial charge is 0.320 e. The molecule has 2 N–H and O–H groups in total. The lowest BCUT2D eigenvalue weighted by atomic mass is 10.2. The topological polar surface area (TPSA) is 55.8 Å². The minimum atomic E-state index is -0.720. The van der Waals surface area contributed by atoms with E-state index in [0.29, 0.717) is 0 Å². The van der Waals surface area contributed by atoms with E-state index >= 15 is 0 Å². The molecule has 15 heavy (non-hydrogen) atoms. The Morgan fingerprint density at radius 2 is 1.93 bits per heavy atom. The van der Waals surface area contributed by atoms with Gasteiger partial charge in [0.05, 0.1) is 6.67 Å². The van der Waals surface area contributed by atoms with Crippen LogP contribution in [0.2, 0.25) is 0 Å². The van der Waals surface area contributed by atoms with Gasteiger partial charge < -0.3 is 10.4 Å². The van der Waals surface area contributed by atoms with E-state index in [0.717, 1.165) is 26.1 Å². The molecule has 2 rings (SSSR count). The van der Waals surface area contributed by atoms with Crippen LogP contribution in [0.25, 0.3) is 0 Å². The highest BCUT2D eigenvalue weighted by molar-refractivity contribution is 5.73. The van der Waals surface area contributed by atoms with Gasteiger partial charge in [0.1, 0.15) is 6.04 Å². The Hall–Kier alpha value is -0.650. The molecule has 2 heterocycles. The van der Waals surface area contributed by atoms with Crippen LogP contribution in [0.15, 0.2) is 0 Å². The van der Waals surface area contributed by atoms with Crippen molar-refractivity contribution in [1.29, 1.82) is 0 Å². The molecule has 0 aromatic carbocycles. The van der Waals surface area contributed by atoms with E-state index in [1.165, 1.54) is 13.1 Å². The molecule has 0 aromatic heterocycles. The summed E-state index contributed by atoms with van der Waals surface area (Å²) in [5.74, 6) is -0.720. The second-order valence-electron chi connectivity index (χ2n) is 4.29. The zero-order valence-corrected chi connectivity index (χ0v) is 9.57. The third-order valence-corrected chi connectivity index (χ3v) is 2.70. The maximum atomic E-state index is 10.1. The predicted octanol–water partition coefficient (Wildman–Crippen LogP) is -0.356. The molecule has 0 bridgehead atoms. The summed E-state index contributed by atoms with van der Waals surface area (Å²) in [4.78, 5) is 14.8. The molecule has 0 unspecified atom stereocenters. The van der Waals surface area contributed by atoms with Crippen LogP contribution in [0, 0.1) is 0 Å². The van der Waals surface area contributed by atoms with Gasteiger partial charge in [0.15, 0.2) is 0 Å². The Balaban J connectivity index is 0.000000151. The summed E-state index contributed by atoms with van der Waals surface area (Å²) in [7, 11) is 4.28. The van der Waals surface area contributed by atoms with Crippen molar-refractivity contribution >= 4 is 5.97 Å². The Morgan fingerprint density at radius 3 is 2.13 bits per heavy atom. The second-order valence-corrected chi connectivity index (χ2v) is 4.29. The van der Waals surface area contributed by atoms with Gasteiger partial charge in [-0.1, -0.05) is 0 Å². The summed E-state index contributed by atoms with van der Waals surface area (Å²) < 4.78 is 0. The number of likely N-dealkylation sites (N-methyl/N-ethyl adjacent to an activating group) is 2. The average molecular weight is 215 g/mol. The number of aliphatic carboxylic acids is 1. The molecule has 88 valence electrons. The standard InChI is InChI=1S/C5H12N2.C5H9NO2/c1-6-3-4-7(2)5-6;7-5(8)4-2-1-3-6-4/h3-5H2,1-2H3;4,6H,1-3H2,(H,7,8)/t;4-/m.0/s1. The maximum absolute atomic E-state index is 10.1.